The molecule has 0 aromatic carbocycles. The van der Waals surface area contributed by atoms with Crippen LogP contribution >= 0.6 is 47.8 Å². The lowest BCUT2D eigenvalue weighted by molar-refractivity contribution is -0.109. The minimum Gasteiger partial charge on any atom is -0.285 e. The Labute approximate surface area is 73.6 Å². The summed E-state index contributed by atoms with van der Waals surface area (Å²) in [6.45, 7) is 0. The average molecular weight is 309 g/mol. The Morgan fingerprint density at radius 2 is 2.12 bits per heavy atom. The van der Waals surface area contributed by atoms with Gasteiger partial charge in [0.25, 0.3) is 0 Å². The predicted octanol–water partition coefficient (Wildman–Crippen LogP) is 2.46. The van der Waals surface area contributed by atoms with Gasteiger partial charge in [0.2, 0.25) is 4.69 Å². The smallest absolute Gasteiger partial charge is 0.211 e. The fraction of sp³-hybridized carbons (Fsp3) is 0.750. The highest BCUT2D eigenvalue weighted by molar-refractivity contribution is 9.20. The van der Waals surface area contributed by atoms with E-state index in [1.807, 2.05) is 0 Å². The molecule has 48 valence electrons. The Balaban J connectivity index is 3.32. The normalized spacial score (nSPS) is 13.4. The quantitative estimate of drug-likeness (QED) is 0.578. The second-order valence-electron chi connectivity index (χ2n) is 1.25. The molecule has 0 aromatic rings. The van der Waals surface area contributed by atoms with Crippen LogP contribution in [0, 0.1) is 0 Å². The van der Waals surface area contributed by atoms with Gasteiger partial charge in [-0.05, 0) is 22.4 Å². The summed E-state index contributed by atoms with van der Waals surface area (Å²) < 4.78 is 0.0111. The number of carbonyl (C=O) groups excluding carboxylic acids is 1. The van der Waals surface area contributed by atoms with Crippen molar-refractivity contribution in [3.63, 3.8) is 0 Å². The van der Waals surface area contributed by atoms with E-state index in [9.17, 15) is 4.79 Å². The fourth-order valence-corrected chi connectivity index (χ4v) is 1.74. The van der Waals surface area contributed by atoms with Crippen LogP contribution in [0.1, 0.15) is 6.42 Å². The maximum absolute atomic E-state index is 10.4. The SMILES string of the molecule is O=C(Br)[C@H](Br)CCBr. The molecular formula is C4H5Br3O. The van der Waals surface area contributed by atoms with Gasteiger partial charge in [0, 0.05) is 5.33 Å². The lowest BCUT2D eigenvalue weighted by atomic mass is 10.4. The molecule has 0 saturated carbocycles. The molecule has 1 nitrogen and oxygen atoms in total. The summed E-state index contributed by atoms with van der Waals surface area (Å²) in [7, 11) is 0. The van der Waals surface area contributed by atoms with Crippen LogP contribution in [0.3, 0.4) is 0 Å². The number of rotatable bonds is 3. The van der Waals surface area contributed by atoms with Crippen molar-refractivity contribution in [2.75, 3.05) is 5.33 Å². The molecule has 0 rings (SSSR count). The van der Waals surface area contributed by atoms with Crippen LogP contribution in [-0.2, 0) is 4.79 Å². The molecule has 0 fully saturated rings. The van der Waals surface area contributed by atoms with Gasteiger partial charge in [-0.1, -0.05) is 31.9 Å². The highest BCUT2D eigenvalue weighted by atomic mass is 79.9. The molecule has 0 aliphatic heterocycles. The zero-order chi connectivity index (χ0) is 6.57. The van der Waals surface area contributed by atoms with Gasteiger partial charge < -0.3 is 0 Å². The second kappa shape index (κ2) is 4.94. The molecule has 1 atom stereocenters. The standard InChI is InChI=1S/C4H5Br3O/c5-2-1-3(6)4(7)8/h3H,1-2H2/t3-/m1/s1. The lowest BCUT2D eigenvalue weighted by Crippen LogP contribution is -2.05. The molecule has 0 aliphatic rings. The van der Waals surface area contributed by atoms with E-state index in [1.165, 1.54) is 0 Å². The van der Waals surface area contributed by atoms with Gasteiger partial charge in [-0.15, -0.1) is 0 Å². The first-order valence-electron chi connectivity index (χ1n) is 2.08. The molecule has 8 heavy (non-hydrogen) atoms. The number of halogens is 3. The van der Waals surface area contributed by atoms with E-state index < -0.39 is 0 Å². The molecule has 0 aromatic heterocycles. The predicted molar refractivity (Wildman–Crippen MR) is 45.1 cm³/mol. The van der Waals surface area contributed by atoms with E-state index in [-0.39, 0.29) is 9.52 Å². The summed E-state index contributed by atoms with van der Waals surface area (Å²) in [6.07, 6.45) is 0.823. The lowest BCUT2D eigenvalue weighted by Gasteiger charge is -1.97. The molecule has 0 saturated heterocycles. The molecule has 4 heteroatoms. The third-order valence-corrected chi connectivity index (χ3v) is 3.11. The first-order chi connectivity index (χ1) is 3.68. The molecular weight excluding hydrogens is 304 g/mol. The molecule has 0 bridgehead atoms. The minimum atomic E-state index is -0.0399. The van der Waals surface area contributed by atoms with E-state index in [0.717, 1.165) is 11.8 Å². The zero-order valence-electron chi connectivity index (χ0n) is 4.03. The van der Waals surface area contributed by atoms with E-state index >= 15 is 0 Å². The first-order valence-corrected chi connectivity index (χ1v) is 4.91. The number of hydrogen-bond acceptors (Lipinski definition) is 1. The maximum Gasteiger partial charge on any atom is 0.211 e. The van der Waals surface area contributed by atoms with Crippen LogP contribution in [0.2, 0.25) is 0 Å². The van der Waals surface area contributed by atoms with Crippen LogP contribution in [-0.4, -0.2) is 14.8 Å². The van der Waals surface area contributed by atoms with E-state index in [2.05, 4.69) is 47.8 Å². The Hall–Kier alpha value is 1.11. The Morgan fingerprint density at radius 1 is 1.62 bits per heavy atom. The van der Waals surface area contributed by atoms with Crippen molar-refractivity contribution in [1.82, 2.24) is 0 Å². The van der Waals surface area contributed by atoms with Gasteiger partial charge >= 0.3 is 0 Å². The third kappa shape index (κ3) is 4.04. The van der Waals surface area contributed by atoms with Crippen LogP contribution < -0.4 is 0 Å². The highest BCUT2D eigenvalue weighted by Crippen LogP contribution is 2.10. The Bertz CT molecular complexity index is 83.4. The average Bonchev–Trinajstić information content (AvgIpc) is 1.67. The molecule has 0 aliphatic carbocycles. The number of hydrogen-bond donors (Lipinski definition) is 0. The van der Waals surface area contributed by atoms with Crippen molar-refractivity contribution >= 4 is 52.5 Å². The summed E-state index contributed by atoms with van der Waals surface area (Å²) in [6, 6.07) is 0. The minimum absolute atomic E-state index is 0.0111. The van der Waals surface area contributed by atoms with Crippen LogP contribution in [0.5, 0.6) is 0 Å². The molecule has 0 unspecified atom stereocenters. The van der Waals surface area contributed by atoms with Gasteiger partial charge in [0.05, 0.1) is 4.83 Å². The maximum atomic E-state index is 10.4. The largest absolute Gasteiger partial charge is 0.285 e. The Kier molecular flexibility index (Phi) is 5.63. The Morgan fingerprint density at radius 3 is 2.25 bits per heavy atom. The molecule has 0 radical (unpaired) electrons. The van der Waals surface area contributed by atoms with Crippen molar-refractivity contribution in [2.24, 2.45) is 0 Å². The monoisotopic (exact) mass is 306 g/mol. The van der Waals surface area contributed by atoms with Gasteiger partial charge in [0.1, 0.15) is 0 Å². The molecule has 0 spiro atoms. The first kappa shape index (κ1) is 9.11. The summed E-state index contributed by atoms with van der Waals surface area (Å²) in [5.41, 5.74) is 0. The van der Waals surface area contributed by atoms with Gasteiger partial charge in [-0.25, -0.2) is 0 Å². The van der Waals surface area contributed by atoms with Gasteiger partial charge in [-0.3, -0.25) is 4.79 Å². The summed E-state index contributed by atoms with van der Waals surface area (Å²) in [4.78, 5) is 10.3. The fourth-order valence-electron chi connectivity index (χ4n) is 0.209. The highest BCUT2D eigenvalue weighted by Gasteiger charge is 2.08. The third-order valence-electron chi connectivity index (χ3n) is 0.609. The van der Waals surface area contributed by atoms with Crippen LogP contribution in [0.15, 0.2) is 0 Å². The number of alkyl halides is 2. The second-order valence-corrected chi connectivity index (χ2v) is 3.93. The topological polar surface area (TPSA) is 17.1 Å². The molecule has 0 amide bonds. The van der Waals surface area contributed by atoms with E-state index in [1.54, 1.807) is 0 Å². The van der Waals surface area contributed by atoms with Crippen molar-refractivity contribution in [1.29, 1.82) is 0 Å². The zero-order valence-corrected chi connectivity index (χ0v) is 8.79. The van der Waals surface area contributed by atoms with E-state index in [0.29, 0.717) is 0 Å². The van der Waals surface area contributed by atoms with Crippen molar-refractivity contribution in [2.45, 2.75) is 11.2 Å². The number of carbonyl (C=O) groups is 1. The summed E-state index contributed by atoms with van der Waals surface area (Å²) in [5.74, 6) is 0. The van der Waals surface area contributed by atoms with Crippen LogP contribution in [0.4, 0.5) is 0 Å². The van der Waals surface area contributed by atoms with E-state index in [4.69, 9.17) is 0 Å². The van der Waals surface area contributed by atoms with Gasteiger partial charge in [-0.2, -0.15) is 0 Å². The molecule has 0 N–H and O–H groups in total. The van der Waals surface area contributed by atoms with Gasteiger partial charge in [0.15, 0.2) is 0 Å². The van der Waals surface area contributed by atoms with Crippen molar-refractivity contribution in [3.05, 3.63) is 0 Å². The summed E-state index contributed by atoms with van der Waals surface area (Å²) in [5, 5.41) is 0.847. The molecule has 0 heterocycles. The summed E-state index contributed by atoms with van der Waals surface area (Å²) >= 11 is 9.23. The van der Waals surface area contributed by atoms with Crippen molar-refractivity contribution in [3.8, 4) is 0 Å². The van der Waals surface area contributed by atoms with Crippen molar-refractivity contribution < 1.29 is 4.79 Å². The van der Waals surface area contributed by atoms with Crippen LogP contribution in [0.25, 0.3) is 0 Å².